The van der Waals surface area contributed by atoms with Gasteiger partial charge in [0.25, 0.3) is 10.0 Å². The third-order valence-corrected chi connectivity index (χ3v) is 6.24. The van der Waals surface area contributed by atoms with Gasteiger partial charge in [-0.1, -0.05) is 29.0 Å². The van der Waals surface area contributed by atoms with Crippen molar-refractivity contribution in [1.29, 1.82) is 0 Å². The average molecular weight is 447 g/mol. The smallest absolute Gasteiger partial charge is 0.285 e. The molecule has 1 aromatic heterocycles. The molecule has 8 nitrogen and oxygen atoms in total. The number of hydrogen-bond acceptors (Lipinski definition) is 6. The van der Waals surface area contributed by atoms with Gasteiger partial charge in [0.05, 0.1) is 11.5 Å². The predicted octanol–water partition coefficient (Wildman–Crippen LogP) is 2.89. The van der Waals surface area contributed by atoms with Gasteiger partial charge in [0.2, 0.25) is 10.7 Å². The Morgan fingerprint density at radius 3 is 2.43 bits per heavy atom. The van der Waals surface area contributed by atoms with Crippen molar-refractivity contribution in [1.82, 2.24) is 9.78 Å². The number of carbonyl (C=O) groups excluding carboxylic acids is 1. The second kappa shape index (κ2) is 9.23. The molecule has 0 radical (unpaired) electrons. The lowest BCUT2D eigenvalue weighted by molar-refractivity contribution is -0.117. The molecule has 0 spiro atoms. The van der Waals surface area contributed by atoms with Gasteiger partial charge in [-0.3, -0.25) is 4.79 Å². The van der Waals surface area contributed by atoms with Crippen LogP contribution in [-0.2, 0) is 21.4 Å². The number of nitrogens with one attached hydrogen (secondary N) is 1. The highest BCUT2D eigenvalue weighted by molar-refractivity contribution is 7.90. The van der Waals surface area contributed by atoms with E-state index in [2.05, 4.69) is 14.8 Å². The highest BCUT2D eigenvalue weighted by Gasteiger charge is 2.15. The zero-order valence-corrected chi connectivity index (χ0v) is 18.5. The molecule has 0 aliphatic carbocycles. The molecule has 0 bridgehead atoms. The van der Waals surface area contributed by atoms with Crippen molar-refractivity contribution in [2.24, 2.45) is 4.40 Å². The number of rotatable bonds is 7. The van der Waals surface area contributed by atoms with Gasteiger partial charge in [-0.2, -0.15) is 13.5 Å². The first-order valence-corrected chi connectivity index (χ1v) is 11.5. The van der Waals surface area contributed by atoms with Crippen LogP contribution < -0.4 is 14.9 Å². The number of aryl methyl sites for hydroxylation is 2. The van der Waals surface area contributed by atoms with Gasteiger partial charge >= 0.3 is 0 Å². The molecule has 30 heavy (non-hydrogen) atoms. The van der Waals surface area contributed by atoms with Gasteiger partial charge < -0.3 is 10.1 Å². The molecule has 0 fully saturated rings. The topological polar surface area (TPSA) is 103 Å². The van der Waals surface area contributed by atoms with Crippen LogP contribution in [0.4, 0.5) is 5.69 Å². The summed E-state index contributed by atoms with van der Waals surface area (Å²) in [7, 11) is -3.92. The van der Waals surface area contributed by atoms with E-state index in [9.17, 15) is 13.2 Å². The molecular formula is C20H22N4O4S2. The van der Waals surface area contributed by atoms with E-state index in [0.717, 1.165) is 16.9 Å². The van der Waals surface area contributed by atoms with Crippen LogP contribution in [0.25, 0.3) is 0 Å². The summed E-state index contributed by atoms with van der Waals surface area (Å²) in [5.41, 5.74) is 1.55. The molecule has 10 heteroatoms. The fraction of sp³-hybridized carbons (Fsp3) is 0.250. The second-order valence-electron chi connectivity index (χ2n) is 6.45. The van der Waals surface area contributed by atoms with Gasteiger partial charge in [-0.05, 0) is 57.2 Å². The van der Waals surface area contributed by atoms with Crippen LogP contribution in [0.1, 0.15) is 17.5 Å². The Kier molecular flexibility index (Phi) is 6.68. The Morgan fingerprint density at radius 1 is 1.13 bits per heavy atom. The summed E-state index contributed by atoms with van der Waals surface area (Å²) in [5, 5.41) is 7.57. The van der Waals surface area contributed by atoms with E-state index in [0.29, 0.717) is 23.1 Å². The number of amides is 1. The van der Waals surface area contributed by atoms with E-state index in [1.54, 1.807) is 43.3 Å². The first-order chi connectivity index (χ1) is 14.3. The number of aromatic nitrogens is 2. The van der Waals surface area contributed by atoms with Crippen LogP contribution >= 0.6 is 11.3 Å². The maximum atomic E-state index is 12.6. The fourth-order valence-corrected chi connectivity index (χ4v) is 4.53. The van der Waals surface area contributed by atoms with E-state index in [4.69, 9.17) is 4.74 Å². The zero-order valence-electron chi connectivity index (χ0n) is 16.8. The highest BCUT2D eigenvalue weighted by Crippen LogP contribution is 2.16. The molecule has 1 heterocycles. The zero-order chi connectivity index (χ0) is 21.7. The first-order valence-electron chi connectivity index (χ1n) is 9.22. The lowest BCUT2D eigenvalue weighted by atomic mass is 10.2. The number of benzene rings is 2. The van der Waals surface area contributed by atoms with Crippen molar-refractivity contribution in [3.05, 3.63) is 63.9 Å². The van der Waals surface area contributed by atoms with Gasteiger partial charge in [-0.15, -0.1) is 4.40 Å². The van der Waals surface area contributed by atoms with Gasteiger partial charge in [0.1, 0.15) is 17.3 Å². The molecule has 3 rings (SSSR count). The normalized spacial score (nSPS) is 12.0. The van der Waals surface area contributed by atoms with Crippen molar-refractivity contribution in [3.8, 4) is 5.75 Å². The molecule has 1 amide bonds. The minimum absolute atomic E-state index is 0.0875. The Labute approximate surface area is 178 Å². The SMILES string of the molecule is CCOc1ccc(NC(=O)Cn2nc(C)sc2=NS(=O)(=O)c2ccc(C)cc2)cc1. The summed E-state index contributed by atoms with van der Waals surface area (Å²) in [6, 6.07) is 13.4. The molecule has 158 valence electrons. The average Bonchev–Trinajstić information content (AvgIpc) is 3.01. The minimum Gasteiger partial charge on any atom is -0.494 e. The highest BCUT2D eigenvalue weighted by atomic mass is 32.2. The van der Waals surface area contributed by atoms with E-state index >= 15 is 0 Å². The third kappa shape index (κ3) is 5.55. The summed E-state index contributed by atoms with van der Waals surface area (Å²) in [6.45, 7) is 5.88. The van der Waals surface area contributed by atoms with Crippen molar-refractivity contribution in [2.45, 2.75) is 32.2 Å². The molecule has 0 atom stereocenters. The maximum Gasteiger partial charge on any atom is 0.285 e. The van der Waals surface area contributed by atoms with Crippen molar-refractivity contribution >= 4 is 33.0 Å². The number of sulfonamides is 1. The van der Waals surface area contributed by atoms with Crippen LogP contribution in [-0.4, -0.2) is 30.7 Å². The Bertz CT molecular complexity index is 1190. The summed E-state index contributed by atoms with van der Waals surface area (Å²) in [6.07, 6.45) is 0. The molecule has 2 aromatic carbocycles. The molecule has 0 saturated heterocycles. The van der Waals surface area contributed by atoms with Gasteiger partial charge in [0, 0.05) is 5.69 Å². The Balaban J connectivity index is 1.80. The van der Waals surface area contributed by atoms with Crippen LogP contribution in [0.15, 0.2) is 57.8 Å². The number of ether oxygens (including phenoxy) is 1. The number of anilines is 1. The molecular weight excluding hydrogens is 424 g/mol. The monoisotopic (exact) mass is 446 g/mol. The number of carbonyl (C=O) groups is 1. The summed E-state index contributed by atoms with van der Waals surface area (Å²) >= 11 is 1.10. The summed E-state index contributed by atoms with van der Waals surface area (Å²) in [5.74, 6) is 0.362. The third-order valence-electron chi connectivity index (χ3n) is 3.98. The van der Waals surface area contributed by atoms with Crippen molar-refractivity contribution in [2.75, 3.05) is 11.9 Å². The molecule has 1 N–H and O–H groups in total. The van der Waals surface area contributed by atoms with Gasteiger partial charge in [-0.25, -0.2) is 4.68 Å². The van der Waals surface area contributed by atoms with Crippen LogP contribution in [0.3, 0.4) is 0 Å². The molecule has 0 aliphatic heterocycles. The maximum absolute atomic E-state index is 12.6. The number of nitrogens with zero attached hydrogens (tertiary/aromatic N) is 3. The molecule has 0 aliphatic rings. The number of hydrogen-bond donors (Lipinski definition) is 1. The second-order valence-corrected chi connectivity index (χ2v) is 9.21. The predicted molar refractivity (Wildman–Crippen MR) is 115 cm³/mol. The largest absolute Gasteiger partial charge is 0.494 e. The van der Waals surface area contributed by atoms with Crippen LogP contribution in [0, 0.1) is 13.8 Å². The molecule has 0 unspecified atom stereocenters. The van der Waals surface area contributed by atoms with Crippen LogP contribution in [0.2, 0.25) is 0 Å². The van der Waals surface area contributed by atoms with E-state index in [1.165, 1.54) is 16.8 Å². The van der Waals surface area contributed by atoms with E-state index in [-0.39, 0.29) is 22.1 Å². The summed E-state index contributed by atoms with van der Waals surface area (Å²) in [4.78, 5) is 12.7. The van der Waals surface area contributed by atoms with Gasteiger partial charge in [0.15, 0.2) is 0 Å². The van der Waals surface area contributed by atoms with E-state index < -0.39 is 10.0 Å². The Morgan fingerprint density at radius 2 is 1.80 bits per heavy atom. The Hall–Kier alpha value is -2.98. The summed E-state index contributed by atoms with van der Waals surface area (Å²) < 4.78 is 35.8. The lowest BCUT2D eigenvalue weighted by Crippen LogP contribution is -2.27. The quantitative estimate of drug-likeness (QED) is 0.601. The minimum atomic E-state index is -3.92. The van der Waals surface area contributed by atoms with E-state index in [1.807, 2.05) is 13.8 Å². The molecule has 3 aromatic rings. The molecule has 0 saturated carbocycles. The van der Waals surface area contributed by atoms with Crippen LogP contribution in [0.5, 0.6) is 5.75 Å². The fourth-order valence-electron chi connectivity index (χ4n) is 2.59. The first kappa shape index (κ1) is 21.7. The lowest BCUT2D eigenvalue weighted by Gasteiger charge is -2.07. The van der Waals surface area contributed by atoms with Crippen molar-refractivity contribution in [3.63, 3.8) is 0 Å². The standard InChI is InChI=1S/C20H22N4O4S2/c1-4-28-17-9-7-16(8-10-17)21-19(25)13-24-20(29-15(3)22-24)23-30(26,27)18-11-5-14(2)6-12-18/h5-12H,4,13H2,1-3H3,(H,21,25). The van der Waals surface area contributed by atoms with Crippen molar-refractivity contribution < 1.29 is 17.9 Å².